The molecule has 0 rings (SSSR count). The van der Waals surface area contributed by atoms with E-state index in [0.717, 1.165) is 19.1 Å². The van der Waals surface area contributed by atoms with Crippen LogP contribution in [0.25, 0.3) is 0 Å². The molecule has 0 aromatic heterocycles. The fourth-order valence-corrected chi connectivity index (χ4v) is 4.86. The minimum atomic E-state index is -1.82. The van der Waals surface area contributed by atoms with Gasteiger partial charge in [0.2, 0.25) is 0 Å². The first-order valence-corrected chi connectivity index (χ1v) is 16.1. The second kappa shape index (κ2) is 9.48. The Balaban J connectivity index is 4.93. The molecule has 0 aliphatic rings. The van der Waals surface area contributed by atoms with E-state index in [1.165, 1.54) is 0 Å². The second-order valence-corrected chi connectivity index (χ2v) is 20.6. The van der Waals surface area contributed by atoms with Crippen molar-refractivity contribution in [1.29, 1.82) is 0 Å². The zero-order chi connectivity index (χ0) is 21.0. The molecule has 3 nitrogen and oxygen atoms in total. The van der Waals surface area contributed by atoms with E-state index in [-0.39, 0.29) is 28.0 Å². The van der Waals surface area contributed by atoms with Crippen LogP contribution >= 0.6 is 0 Å². The molecule has 0 amide bonds. The molecular formula is C21H46O3Si2. The van der Waals surface area contributed by atoms with E-state index in [1.807, 2.05) is 0 Å². The molecule has 0 spiro atoms. The molecule has 0 saturated heterocycles. The topological polar surface area (TPSA) is 35.5 Å². The van der Waals surface area contributed by atoms with Crippen LogP contribution in [0.15, 0.2) is 0 Å². The monoisotopic (exact) mass is 402 g/mol. The summed E-state index contributed by atoms with van der Waals surface area (Å²) in [5, 5.41) is 0.384. The smallest absolute Gasteiger partial charge is 0.192 e. The summed E-state index contributed by atoms with van der Waals surface area (Å²) in [4.78, 5) is 11.8. The highest BCUT2D eigenvalue weighted by molar-refractivity contribution is 6.74. The zero-order valence-corrected chi connectivity index (χ0v) is 21.7. The number of hydrogen-bond donors (Lipinski definition) is 0. The molecule has 0 aliphatic carbocycles. The van der Waals surface area contributed by atoms with Gasteiger partial charge in [0.1, 0.15) is 6.29 Å². The van der Waals surface area contributed by atoms with Crippen molar-refractivity contribution in [2.24, 2.45) is 11.8 Å². The molecular weight excluding hydrogens is 356 g/mol. The van der Waals surface area contributed by atoms with Gasteiger partial charge < -0.3 is 13.6 Å². The highest BCUT2D eigenvalue weighted by Crippen LogP contribution is 2.39. The third-order valence-corrected chi connectivity index (χ3v) is 15.7. The van der Waals surface area contributed by atoms with E-state index in [0.29, 0.717) is 6.61 Å². The molecule has 3 atom stereocenters. The lowest BCUT2D eigenvalue weighted by molar-refractivity contribution is -0.113. The molecule has 0 radical (unpaired) electrons. The third-order valence-electron chi connectivity index (χ3n) is 6.68. The molecule has 0 unspecified atom stereocenters. The molecule has 0 saturated carbocycles. The number of carbonyl (C=O) groups is 1. The predicted octanol–water partition coefficient (Wildman–Crippen LogP) is 6.65. The van der Waals surface area contributed by atoms with Crippen LogP contribution in [0, 0.1) is 11.8 Å². The molecule has 0 aliphatic heterocycles. The maximum absolute atomic E-state index is 11.8. The first-order chi connectivity index (χ1) is 11.5. The molecule has 156 valence electrons. The van der Waals surface area contributed by atoms with Crippen LogP contribution in [0.5, 0.6) is 0 Å². The van der Waals surface area contributed by atoms with E-state index in [4.69, 9.17) is 8.85 Å². The fourth-order valence-electron chi connectivity index (χ4n) is 2.30. The maximum atomic E-state index is 11.8. The Morgan fingerprint density at radius 1 is 0.923 bits per heavy atom. The van der Waals surface area contributed by atoms with E-state index in [2.05, 4.69) is 81.6 Å². The molecule has 0 bridgehead atoms. The van der Waals surface area contributed by atoms with Gasteiger partial charge in [-0.25, -0.2) is 0 Å². The summed E-state index contributed by atoms with van der Waals surface area (Å²) in [6.45, 7) is 27.6. The largest absolute Gasteiger partial charge is 0.417 e. The Morgan fingerprint density at radius 2 is 1.38 bits per heavy atom. The van der Waals surface area contributed by atoms with Crippen molar-refractivity contribution in [3.05, 3.63) is 0 Å². The first-order valence-electron chi connectivity index (χ1n) is 10.3. The number of rotatable bonds is 10. The fraction of sp³-hybridized carbons (Fsp3) is 0.952. The van der Waals surface area contributed by atoms with Crippen LogP contribution in [0.2, 0.25) is 36.3 Å². The van der Waals surface area contributed by atoms with Crippen molar-refractivity contribution in [3.63, 3.8) is 0 Å². The van der Waals surface area contributed by atoms with E-state index >= 15 is 0 Å². The van der Waals surface area contributed by atoms with Gasteiger partial charge >= 0.3 is 0 Å². The molecule has 0 fully saturated rings. The molecule has 0 aromatic rings. The molecule has 0 N–H and O–H groups in total. The Labute approximate surface area is 165 Å². The normalized spacial score (nSPS) is 17.7. The summed E-state index contributed by atoms with van der Waals surface area (Å²) in [6.07, 6.45) is 3.03. The lowest BCUT2D eigenvalue weighted by atomic mass is 9.90. The highest BCUT2D eigenvalue weighted by Gasteiger charge is 2.40. The quantitative estimate of drug-likeness (QED) is 0.303. The van der Waals surface area contributed by atoms with Crippen molar-refractivity contribution in [1.82, 2.24) is 0 Å². The standard InChI is InChI=1S/C21H46O3Si2/c1-13-19(24-26(11,12)21(6,7)8)14-18(15-22)17(2)16-23-25(9,10)20(3,4)5/h15,17-19H,13-14,16H2,1-12H3/t17-,18-,19+/m0/s1. The summed E-state index contributed by atoms with van der Waals surface area (Å²) in [6, 6.07) is 0. The van der Waals surface area contributed by atoms with Gasteiger partial charge in [0, 0.05) is 18.6 Å². The van der Waals surface area contributed by atoms with E-state index in [9.17, 15) is 4.79 Å². The number of hydrogen-bond acceptors (Lipinski definition) is 3. The Bertz CT molecular complexity index is 434. The van der Waals surface area contributed by atoms with Crippen molar-refractivity contribution >= 4 is 22.9 Å². The summed E-state index contributed by atoms with van der Waals surface area (Å²) in [5.74, 6) is 0.216. The Morgan fingerprint density at radius 3 is 1.73 bits per heavy atom. The number of aldehydes is 1. The van der Waals surface area contributed by atoms with Gasteiger partial charge in [0.25, 0.3) is 0 Å². The molecule has 5 heteroatoms. The van der Waals surface area contributed by atoms with Gasteiger partial charge in [0.15, 0.2) is 16.6 Å². The van der Waals surface area contributed by atoms with Crippen LogP contribution in [0.4, 0.5) is 0 Å². The van der Waals surface area contributed by atoms with Gasteiger partial charge in [-0.15, -0.1) is 0 Å². The van der Waals surface area contributed by atoms with Gasteiger partial charge in [0.05, 0.1) is 0 Å². The van der Waals surface area contributed by atoms with E-state index < -0.39 is 16.6 Å². The maximum Gasteiger partial charge on any atom is 0.192 e. The minimum absolute atomic E-state index is 0.00510. The van der Waals surface area contributed by atoms with Gasteiger partial charge in [-0.1, -0.05) is 55.4 Å². The lowest BCUT2D eigenvalue weighted by Crippen LogP contribution is -2.45. The third kappa shape index (κ3) is 7.57. The van der Waals surface area contributed by atoms with Crippen LogP contribution < -0.4 is 0 Å². The van der Waals surface area contributed by atoms with Crippen LogP contribution in [0.1, 0.15) is 68.2 Å². The van der Waals surface area contributed by atoms with Crippen LogP contribution in [0.3, 0.4) is 0 Å². The highest BCUT2D eigenvalue weighted by atomic mass is 28.4. The summed E-state index contributed by atoms with van der Waals surface area (Å²) >= 11 is 0. The van der Waals surface area contributed by atoms with Crippen LogP contribution in [-0.2, 0) is 13.6 Å². The SMILES string of the molecule is CC[C@H](C[C@@H](C=O)[C@@H](C)CO[Si](C)(C)C(C)(C)C)O[Si](C)(C)C(C)(C)C. The minimum Gasteiger partial charge on any atom is -0.417 e. The summed E-state index contributed by atoms with van der Waals surface area (Å²) in [7, 11) is -3.59. The van der Waals surface area contributed by atoms with Crippen molar-refractivity contribution in [3.8, 4) is 0 Å². The Kier molecular flexibility index (Phi) is 9.49. The Hall–Kier alpha value is 0.0238. The average molecular weight is 403 g/mol. The average Bonchev–Trinajstić information content (AvgIpc) is 2.46. The number of carbonyl (C=O) groups excluding carboxylic acids is 1. The van der Waals surface area contributed by atoms with Crippen molar-refractivity contribution in [2.75, 3.05) is 6.61 Å². The van der Waals surface area contributed by atoms with E-state index in [1.54, 1.807) is 0 Å². The molecule has 0 aromatic carbocycles. The van der Waals surface area contributed by atoms with Gasteiger partial charge in [-0.2, -0.15) is 0 Å². The van der Waals surface area contributed by atoms with Gasteiger partial charge in [-0.05, 0) is 55.0 Å². The second-order valence-electron chi connectivity index (χ2n) is 11.0. The van der Waals surface area contributed by atoms with Crippen LogP contribution in [-0.4, -0.2) is 35.6 Å². The molecule has 0 heterocycles. The van der Waals surface area contributed by atoms with Crippen molar-refractivity contribution in [2.45, 2.75) is 111 Å². The predicted molar refractivity (Wildman–Crippen MR) is 119 cm³/mol. The summed E-state index contributed by atoms with van der Waals surface area (Å²) in [5.41, 5.74) is 0. The first kappa shape index (κ1) is 26.0. The summed E-state index contributed by atoms with van der Waals surface area (Å²) < 4.78 is 12.9. The molecule has 26 heavy (non-hydrogen) atoms. The van der Waals surface area contributed by atoms with Gasteiger partial charge in [-0.3, -0.25) is 0 Å². The zero-order valence-electron chi connectivity index (χ0n) is 19.7. The lowest BCUT2D eigenvalue weighted by Gasteiger charge is -2.40. The van der Waals surface area contributed by atoms with Crippen molar-refractivity contribution < 1.29 is 13.6 Å².